The molecule has 4 N–H and O–H groups in total. The zero-order chi connectivity index (χ0) is 7.56. The second kappa shape index (κ2) is 3.12. The second-order valence-electron chi connectivity index (χ2n) is 2.18. The van der Waals surface area contributed by atoms with Gasteiger partial charge in [0.25, 0.3) is 0 Å². The molecule has 10 heavy (non-hydrogen) atoms. The third kappa shape index (κ3) is 1.54. The Labute approximate surface area is 58.9 Å². The predicted octanol–water partition coefficient (Wildman–Crippen LogP) is -1.42. The first kappa shape index (κ1) is 7.68. The van der Waals surface area contributed by atoms with Crippen molar-refractivity contribution in [2.45, 2.75) is 18.5 Å². The quantitative estimate of drug-likeness (QED) is 0.396. The third-order valence-electron chi connectivity index (χ3n) is 1.36. The van der Waals surface area contributed by atoms with Crippen LogP contribution in [0.3, 0.4) is 0 Å². The fourth-order valence-electron chi connectivity index (χ4n) is 0.772. The highest BCUT2D eigenvalue weighted by Gasteiger charge is 2.21. The summed E-state index contributed by atoms with van der Waals surface area (Å²) in [4.78, 5) is 0. The van der Waals surface area contributed by atoms with Gasteiger partial charge < -0.3 is 20.7 Å². The first-order valence-corrected chi connectivity index (χ1v) is 3.14. The van der Waals surface area contributed by atoms with Gasteiger partial charge in [0, 0.05) is 6.54 Å². The van der Waals surface area contributed by atoms with Gasteiger partial charge in [-0.05, 0) is 0 Å². The standard InChI is InChI=1S/C6H11NO3/c7-3-4-1-2-5(8)6(9)10-4/h1-2,4-6,8-9H,3,7H2/t4-,5+,6?/m0/s1. The highest BCUT2D eigenvalue weighted by Crippen LogP contribution is 2.09. The maximum Gasteiger partial charge on any atom is 0.185 e. The second-order valence-corrected chi connectivity index (χ2v) is 2.18. The number of aliphatic hydroxyl groups is 2. The highest BCUT2D eigenvalue weighted by molar-refractivity contribution is 5.00. The Bertz CT molecular complexity index is 137. The lowest BCUT2D eigenvalue weighted by molar-refractivity contribution is -0.170. The Morgan fingerprint density at radius 1 is 1.40 bits per heavy atom. The molecule has 1 aliphatic heterocycles. The molecule has 1 unspecified atom stereocenters. The van der Waals surface area contributed by atoms with E-state index in [1.165, 1.54) is 6.08 Å². The summed E-state index contributed by atoms with van der Waals surface area (Å²) in [5.74, 6) is 0. The van der Waals surface area contributed by atoms with Gasteiger partial charge in [0.05, 0.1) is 6.10 Å². The number of hydrogen-bond acceptors (Lipinski definition) is 4. The Kier molecular flexibility index (Phi) is 2.39. The number of rotatable bonds is 1. The smallest absolute Gasteiger partial charge is 0.185 e. The molecule has 3 atom stereocenters. The van der Waals surface area contributed by atoms with Crippen molar-refractivity contribution in [3.63, 3.8) is 0 Å². The van der Waals surface area contributed by atoms with Crippen LogP contribution < -0.4 is 5.73 Å². The van der Waals surface area contributed by atoms with E-state index in [9.17, 15) is 0 Å². The van der Waals surface area contributed by atoms with Crippen LogP contribution >= 0.6 is 0 Å². The van der Waals surface area contributed by atoms with E-state index in [4.69, 9.17) is 20.7 Å². The minimum Gasteiger partial charge on any atom is -0.384 e. The lowest BCUT2D eigenvalue weighted by Crippen LogP contribution is -2.37. The van der Waals surface area contributed by atoms with Gasteiger partial charge in [-0.25, -0.2) is 0 Å². The molecule has 0 aliphatic carbocycles. The molecule has 1 rings (SSSR count). The van der Waals surface area contributed by atoms with E-state index in [0.717, 1.165) is 0 Å². The molecule has 0 saturated carbocycles. The van der Waals surface area contributed by atoms with E-state index >= 15 is 0 Å². The summed E-state index contributed by atoms with van der Waals surface area (Å²) < 4.78 is 4.84. The van der Waals surface area contributed by atoms with Crippen LogP contribution in [-0.4, -0.2) is 35.3 Å². The molecule has 0 aromatic rings. The molecule has 4 nitrogen and oxygen atoms in total. The summed E-state index contributed by atoms with van der Waals surface area (Å²) >= 11 is 0. The zero-order valence-corrected chi connectivity index (χ0v) is 5.47. The maximum atomic E-state index is 8.90. The van der Waals surface area contributed by atoms with E-state index in [1.807, 2.05) is 0 Å². The van der Waals surface area contributed by atoms with Crippen molar-refractivity contribution in [2.75, 3.05) is 6.54 Å². The molecule has 0 aromatic carbocycles. The summed E-state index contributed by atoms with van der Waals surface area (Å²) in [6, 6.07) is 0. The average Bonchev–Trinajstić information content (AvgIpc) is 1.95. The minimum absolute atomic E-state index is 0.265. The van der Waals surface area contributed by atoms with Crippen LogP contribution in [0.2, 0.25) is 0 Å². The minimum atomic E-state index is -1.13. The third-order valence-corrected chi connectivity index (χ3v) is 1.36. The van der Waals surface area contributed by atoms with Gasteiger partial charge in [0.15, 0.2) is 6.29 Å². The summed E-state index contributed by atoms with van der Waals surface area (Å²) in [6.07, 6.45) is 0.808. The molecule has 4 heteroatoms. The molecule has 0 fully saturated rings. The molecule has 0 amide bonds. The number of nitrogens with two attached hydrogens (primary N) is 1. The van der Waals surface area contributed by atoms with E-state index in [2.05, 4.69) is 0 Å². The first-order valence-electron chi connectivity index (χ1n) is 3.14. The molecule has 1 aliphatic rings. The van der Waals surface area contributed by atoms with Crippen molar-refractivity contribution in [3.05, 3.63) is 12.2 Å². The molecular weight excluding hydrogens is 134 g/mol. The number of ether oxygens (including phenoxy) is 1. The summed E-state index contributed by atoms with van der Waals surface area (Å²) in [7, 11) is 0. The van der Waals surface area contributed by atoms with Crippen LogP contribution in [0.4, 0.5) is 0 Å². The lowest BCUT2D eigenvalue weighted by Gasteiger charge is -2.24. The Morgan fingerprint density at radius 3 is 2.60 bits per heavy atom. The molecule has 58 valence electrons. The largest absolute Gasteiger partial charge is 0.384 e. The number of hydrogen-bond donors (Lipinski definition) is 3. The normalized spacial score (nSPS) is 40.1. The molecule has 0 spiro atoms. The van der Waals surface area contributed by atoms with Crippen molar-refractivity contribution < 1.29 is 14.9 Å². The first-order chi connectivity index (χ1) is 4.74. The monoisotopic (exact) mass is 145 g/mol. The molecule has 1 heterocycles. The van der Waals surface area contributed by atoms with Crippen molar-refractivity contribution in [2.24, 2.45) is 5.73 Å². The van der Waals surface area contributed by atoms with E-state index in [0.29, 0.717) is 6.54 Å². The van der Waals surface area contributed by atoms with Crippen molar-refractivity contribution >= 4 is 0 Å². The van der Waals surface area contributed by atoms with E-state index in [1.54, 1.807) is 6.08 Å². The van der Waals surface area contributed by atoms with Crippen molar-refractivity contribution in [3.8, 4) is 0 Å². The van der Waals surface area contributed by atoms with Gasteiger partial charge in [-0.2, -0.15) is 0 Å². The Hall–Kier alpha value is -0.420. The van der Waals surface area contributed by atoms with Gasteiger partial charge in [-0.1, -0.05) is 12.2 Å². The van der Waals surface area contributed by atoms with Gasteiger partial charge in [0.1, 0.15) is 6.10 Å². The predicted molar refractivity (Wildman–Crippen MR) is 35.1 cm³/mol. The average molecular weight is 145 g/mol. The van der Waals surface area contributed by atoms with Crippen LogP contribution in [0.1, 0.15) is 0 Å². The Morgan fingerprint density at radius 2 is 2.10 bits per heavy atom. The van der Waals surface area contributed by atoms with Gasteiger partial charge in [-0.3, -0.25) is 0 Å². The highest BCUT2D eigenvalue weighted by atomic mass is 16.6. The fraction of sp³-hybridized carbons (Fsp3) is 0.667. The van der Waals surface area contributed by atoms with Crippen molar-refractivity contribution in [1.82, 2.24) is 0 Å². The van der Waals surface area contributed by atoms with E-state index < -0.39 is 12.4 Å². The molecule has 0 bridgehead atoms. The molecule has 0 radical (unpaired) electrons. The maximum absolute atomic E-state index is 8.90. The SMILES string of the molecule is NC[C@@H]1C=C[C@@H](O)C(O)O1. The van der Waals surface area contributed by atoms with Crippen molar-refractivity contribution in [1.29, 1.82) is 0 Å². The zero-order valence-electron chi connectivity index (χ0n) is 5.47. The fourth-order valence-corrected chi connectivity index (χ4v) is 0.772. The van der Waals surface area contributed by atoms with Crippen LogP contribution in [0.5, 0.6) is 0 Å². The summed E-state index contributed by atoms with van der Waals surface area (Å²) in [6.45, 7) is 0.320. The van der Waals surface area contributed by atoms with E-state index in [-0.39, 0.29) is 6.10 Å². The molecular formula is C6H11NO3. The van der Waals surface area contributed by atoms with Crippen LogP contribution in [0.15, 0.2) is 12.2 Å². The topological polar surface area (TPSA) is 75.7 Å². The summed E-state index contributed by atoms with van der Waals surface area (Å²) in [5, 5.41) is 17.8. The lowest BCUT2D eigenvalue weighted by atomic mass is 10.2. The summed E-state index contributed by atoms with van der Waals surface area (Å²) in [5.41, 5.74) is 5.24. The number of aliphatic hydroxyl groups excluding tert-OH is 2. The molecule has 0 aromatic heterocycles. The van der Waals surface area contributed by atoms with Crippen LogP contribution in [0, 0.1) is 0 Å². The Balaban J connectivity index is 2.51. The molecule has 0 saturated heterocycles. The van der Waals surface area contributed by atoms with Gasteiger partial charge >= 0.3 is 0 Å². The van der Waals surface area contributed by atoms with Crippen LogP contribution in [0.25, 0.3) is 0 Å². The van der Waals surface area contributed by atoms with Gasteiger partial charge in [0.2, 0.25) is 0 Å². The van der Waals surface area contributed by atoms with Crippen LogP contribution in [-0.2, 0) is 4.74 Å². The van der Waals surface area contributed by atoms with Gasteiger partial charge in [-0.15, -0.1) is 0 Å².